The number of hydrogen-bond acceptors (Lipinski definition) is 3. The van der Waals surface area contributed by atoms with E-state index < -0.39 is 5.51 Å². The maximum absolute atomic E-state index is 11.9. The molecule has 0 heterocycles. The molecule has 2 N–H and O–H groups in total. The molecule has 0 aliphatic rings. The summed E-state index contributed by atoms with van der Waals surface area (Å²) >= 11 is -0.0850. The molecular formula is C12H16F3NOS. The van der Waals surface area contributed by atoms with Crippen LogP contribution >= 0.6 is 11.8 Å². The molecular weight excluding hydrogens is 263 g/mol. The summed E-state index contributed by atoms with van der Waals surface area (Å²) in [5.74, 6) is 0.434. The molecule has 0 amide bonds. The molecule has 1 rings (SSSR count). The zero-order valence-corrected chi connectivity index (χ0v) is 11.1. The van der Waals surface area contributed by atoms with Crippen molar-refractivity contribution in [1.29, 1.82) is 0 Å². The zero-order valence-electron chi connectivity index (χ0n) is 10.3. The minimum absolute atomic E-state index is 0.00729. The predicted octanol–water partition coefficient (Wildman–Crippen LogP) is 3.65. The van der Waals surface area contributed by atoms with Gasteiger partial charge in [0.2, 0.25) is 0 Å². The van der Waals surface area contributed by atoms with E-state index in [0.717, 1.165) is 11.1 Å². The SMILES string of the molecule is Cc1ccc(C(C)N)c(OCCSC(F)(F)F)c1. The highest BCUT2D eigenvalue weighted by Crippen LogP contribution is 2.30. The second-order valence-electron chi connectivity index (χ2n) is 3.97. The smallest absolute Gasteiger partial charge is 0.441 e. The summed E-state index contributed by atoms with van der Waals surface area (Å²) in [6.45, 7) is 3.71. The summed E-state index contributed by atoms with van der Waals surface area (Å²) in [5, 5.41) is 0. The van der Waals surface area contributed by atoms with Crippen molar-refractivity contribution in [2.24, 2.45) is 5.73 Å². The molecule has 0 spiro atoms. The van der Waals surface area contributed by atoms with E-state index in [1.807, 2.05) is 26.0 Å². The first kappa shape index (κ1) is 15.2. The lowest BCUT2D eigenvalue weighted by molar-refractivity contribution is -0.0329. The van der Waals surface area contributed by atoms with Crippen LogP contribution in [-0.2, 0) is 0 Å². The fraction of sp³-hybridized carbons (Fsp3) is 0.500. The highest BCUT2D eigenvalue weighted by atomic mass is 32.2. The Labute approximate surface area is 109 Å². The fourth-order valence-electron chi connectivity index (χ4n) is 1.45. The maximum atomic E-state index is 11.9. The number of thioether (sulfide) groups is 1. The van der Waals surface area contributed by atoms with E-state index in [1.54, 1.807) is 6.07 Å². The molecule has 18 heavy (non-hydrogen) atoms. The Bertz CT molecular complexity index is 393. The fourth-order valence-corrected chi connectivity index (χ4v) is 1.85. The van der Waals surface area contributed by atoms with Gasteiger partial charge in [-0.1, -0.05) is 12.1 Å². The van der Waals surface area contributed by atoms with Gasteiger partial charge < -0.3 is 10.5 Å². The lowest BCUT2D eigenvalue weighted by atomic mass is 10.1. The summed E-state index contributed by atoms with van der Waals surface area (Å²) in [5.41, 5.74) is 3.35. The molecule has 1 aromatic rings. The number of ether oxygens (including phenoxy) is 1. The van der Waals surface area contributed by atoms with Crippen molar-refractivity contribution < 1.29 is 17.9 Å². The lowest BCUT2D eigenvalue weighted by Crippen LogP contribution is -2.11. The number of hydrogen-bond donors (Lipinski definition) is 1. The van der Waals surface area contributed by atoms with Crippen molar-refractivity contribution in [2.45, 2.75) is 25.4 Å². The summed E-state index contributed by atoms with van der Waals surface area (Å²) in [4.78, 5) is 0. The second kappa shape index (κ2) is 6.33. The summed E-state index contributed by atoms with van der Waals surface area (Å²) in [6.07, 6.45) is 0. The quantitative estimate of drug-likeness (QED) is 0.836. The molecule has 1 atom stereocenters. The van der Waals surface area contributed by atoms with Gasteiger partial charge in [-0.2, -0.15) is 13.2 Å². The first-order chi connectivity index (χ1) is 8.29. The molecule has 0 saturated carbocycles. The third-order valence-electron chi connectivity index (χ3n) is 2.27. The van der Waals surface area contributed by atoms with Crippen LogP contribution in [0.5, 0.6) is 5.75 Å². The van der Waals surface area contributed by atoms with Crippen molar-refractivity contribution in [3.63, 3.8) is 0 Å². The zero-order chi connectivity index (χ0) is 13.8. The molecule has 0 aromatic heterocycles. The van der Waals surface area contributed by atoms with Crippen molar-refractivity contribution >= 4 is 11.8 Å². The van der Waals surface area contributed by atoms with Gasteiger partial charge >= 0.3 is 5.51 Å². The van der Waals surface area contributed by atoms with E-state index in [4.69, 9.17) is 10.5 Å². The Balaban J connectivity index is 2.58. The number of nitrogens with two attached hydrogens (primary N) is 1. The van der Waals surface area contributed by atoms with Crippen LogP contribution in [0.4, 0.5) is 13.2 Å². The summed E-state index contributed by atoms with van der Waals surface area (Å²) < 4.78 is 41.2. The predicted molar refractivity (Wildman–Crippen MR) is 67.8 cm³/mol. The van der Waals surface area contributed by atoms with Gasteiger partial charge in [0.05, 0.1) is 6.61 Å². The van der Waals surface area contributed by atoms with Crippen molar-refractivity contribution in [2.75, 3.05) is 12.4 Å². The van der Waals surface area contributed by atoms with Crippen LogP contribution in [0.1, 0.15) is 24.1 Å². The van der Waals surface area contributed by atoms with Gasteiger partial charge in [0.15, 0.2) is 0 Å². The van der Waals surface area contributed by atoms with Crippen LogP contribution in [0.25, 0.3) is 0 Å². The van der Waals surface area contributed by atoms with Crippen LogP contribution in [0.15, 0.2) is 18.2 Å². The van der Waals surface area contributed by atoms with Crippen molar-refractivity contribution in [3.05, 3.63) is 29.3 Å². The standard InChI is InChI=1S/C12H16F3NOS/c1-8-3-4-10(9(2)16)11(7-8)17-5-6-18-12(13,14)15/h3-4,7,9H,5-6,16H2,1-2H3. The van der Waals surface area contributed by atoms with E-state index in [0.29, 0.717) is 5.75 Å². The van der Waals surface area contributed by atoms with Gasteiger partial charge in [-0.05, 0) is 37.2 Å². The average molecular weight is 279 g/mol. The summed E-state index contributed by atoms with van der Waals surface area (Å²) in [6, 6.07) is 5.31. The van der Waals surface area contributed by atoms with Gasteiger partial charge in [-0.25, -0.2) is 0 Å². The maximum Gasteiger partial charge on any atom is 0.441 e. The molecule has 1 unspecified atom stereocenters. The number of benzene rings is 1. The Hall–Kier alpha value is -0.880. The van der Waals surface area contributed by atoms with Crippen molar-refractivity contribution in [3.8, 4) is 5.75 Å². The second-order valence-corrected chi connectivity index (χ2v) is 5.13. The van der Waals surface area contributed by atoms with E-state index in [2.05, 4.69) is 0 Å². The van der Waals surface area contributed by atoms with E-state index in [1.165, 1.54) is 0 Å². The largest absolute Gasteiger partial charge is 0.492 e. The van der Waals surface area contributed by atoms with Crippen LogP contribution in [0.2, 0.25) is 0 Å². The molecule has 0 aliphatic carbocycles. The molecule has 0 aliphatic heterocycles. The number of halogens is 3. The number of aryl methyl sites for hydroxylation is 1. The molecule has 0 fully saturated rings. The Kier molecular flexibility index (Phi) is 5.34. The van der Waals surface area contributed by atoms with Gasteiger partial charge in [0.1, 0.15) is 5.75 Å². The van der Waals surface area contributed by atoms with Gasteiger partial charge in [0.25, 0.3) is 0 Å². The van der Waals surface area contributed by atoms with Gasteiger partial charge in [-0.3, -0.25) is 0 Å². The highest BCUT2D eigenvalue weighted by molar-refractivity contribution is 8.00. The van der Waals surface area contributed by atoms with Crippen LogP contribution in [0.3, 0.4) is 0 Å². The Morgan fingerprint density at radius 1 is 1.39 bits per heavy atom. The lowest BCUT2D eigenvalue weighted by Gasteiger charge is -2.15. The third kappa shape index (κ3) is 5.18. The molecule has 0 bridgehead atoms. The summed E-state index contributed by atoms with van der Waals surface area (Å²) in [7, 11) is 0. The van der Waals surface area contributed by atoms with E-state index in [9.17, 15) is 13.2 Å². The monoisotopic (exact) mass is 279 g/mol. The van der Waals surface area contributed by atoms with Crippen LogP contribution in [-0.4, -0.2) is 17.9 Å². The highest BCUT2D eigenvalue weighted by Gasteiger charge is 2.27. The Morgan fingerprint density at radius 3 is 2.61 bits per heavy atom. The van der Waals surface area contributed by atoms with E-state index >= 15 is 0 Å². The Morgan fingerprint density at radius 2 is 2.06 bits per heavy atom. The molecule has 6 heteroatoms. The van der Waals surface area contributed by atoms with Crippen LogP contribution in [0, 0.1) is 6.92 Å². The van der Waals surface area contributed by atoms with E-state index in [-0.39, 0.29) is 30.2 Å². The average Bonchev–Trinajstić information content (AvgIpc) is 2.22. The minimum atomic E-state index is -4.21. The number of alkyl halides is 3. The van der Waals surface area contributed by atoms with Gasteiger partial charge in [-0.15, -0.1) is 0 Å². The first-order valence-corrected chi connectivity index (χ1v) is 6.48. The molecule has 2 nitrogen and oxygen atoms in total. The van der Waals surface area contributed by atoms with Gasteiger partial charge in [0, 0.05) is 17.4 Å². The number of rotatable bonds is 5. The van der Waals surface area contributed by atoms with Crippen molar-refractivity contribution in [1.82, 2.24) is 0 Å². The molecule has 1 aromatic carbocycles. The molecule has 0 radical (unpaired) electrons. The third-order valence-corrected chi connectivity index (χ3v) is 2.96. The minimum Gasteiger partial charge on any atom is -0.492 e. The first-order valence-electron chi connectivity index (χ1n) is 5.49. The van der Waals surface area contributed by atoms with Crippen LogP contribution < -0.4 is 10.5 Å². The normalized spacial score (nSPS) is 13.4. The topological polar surface area (TPSA) is 35.2 Å². The molecule has 102 valence electrons. The molecule has 0 saturated heterocycles.